The maximum absolute atomic E-state index is 12.2. The van der Waals surface area contributed by atoms with Crippen molar-refractivity contribution in [2.45, 2.75) is 13.3 Å². The summed E-state index contributed by atoms with van der Waals surface area (Å²) in [5.74, 6) is 1.15. The summed E-state index contributed by atoms with van der Waals surface area (Å²) in [6.07, 6.45) is 0.665. The molecule has 124 valence electrons. The Kier molecular flexibility index (Phi) is 5.98. The smallest absolute Gasteiger partial charge is 0.290 e. The second kappa shape index (κ2) is 7.77. The minimum atomic E-state index is -0.243. The minimum Gasteiger partial charge on any atom is -0.349 e. The molecule has 0 atom stereocenters. The largest absolute Gasteiger partial charge is 0.349 e. The second-order valence-corrected chi connectivity index (χ2v) is 5.71. The number of para-hydroxylation sites is 1. The van der Waals surface area contributed by atoms with Crippen LogP contribution in [0.25, 0.3) is 5.69 Å². The summed E-state index contributed by atoms with van der Waals surface area (Å²) in [5, 5.41) is 11.0. The SMILES string of the molecule is CCc1nc(C(=O)NCC2CNC2)nn1-c1ccccc1Cl.Cl. The first kappa shape index (κ1) is 17.7. The van der Waals surface area contributed by atoms with Gasteiger partial charge in [-0.05, 0) is 12.1 Å². The van der Waals surface area contributed by atoms with E-state index >= 15 is 0 Å². The molecule has 0 saturated carbocycles. The highest BCUT2D eigenvalue weighted by molar-refractivity contribution is 6.32. The fraction of sp³-hybridized carbons (Fsp3) is 0.400. The van der Waals surface area contributed by atoms with Gasteiger partial charge >= 0.3 is 0 Å². The van der Waals surface area contributed by atoms with Gasteiger partial charge < -0.3 is 10.6 Å². The number of carbonyl (C=O) groups excluding carboxylic acids is 1. The van der Waals surface area contributed by atoms with Crippen molar-refractivity contribution < 1.29 is 4.79 Å². The molecular weight excluding hydrogens is 337 g/mol. The topological polar surface area (TPSA) is 71.8 Å². The zero-order valence-corrected chi connectivity index (χ0v) is 14.3. The van der Waals surface area contributed by atoms with Crippen molar-refractivity contribution in [1.29, 1.82) is 0 Å². The van der Waals surface area contributed by atoms with Crippen molar-refractivity contribution >= 4 is 29.9 Å². The molecule has 2 N–H and O–H groups in total. The number of rotatable bonds is 5. The molecule has 1 saturated heterocycles. The molecule has 0 spiro atoms. The van der Waals surface area contributed by atoms with Gasteiger partial charge in [-0.15, -0.1) is 17.5 Å². The van der Waals surface area contributed by atoms with Gasteiger partial charge in [-0.2, -0.15) is 0 Å². The van der Waals surface area contributed by atoms with Crippen molar-refractivity contribution in [2.75, 3.05) is 19.6 Å². The van der Waals surface area contributed by atoms with Crippen molar-refractivity contribution in [3.8, 4) is 5.69 Å². The maximum atomic E-state index is 12.2. The molecule has 0 bridgehead atoms. The molecule has 1 fully saturated rings. The lowest BCUT2D eigenvalue weighted by atomic mass is 10.0. The Hall–Kier alpha value is -1.63. The molecule has 2 aromatic rings. The van der Waals surface area contributed by atoms with Crippen molar-refractivity contribution in [1.82, 2.24) is 25.4 Å². The monoisotopic (exact) mass is 355 g/mol. The highest BCUT2D eigenvalue weighted by Crippen LogP contribution is 2.20. The number of nitrogens with zero attached hydrogens (tertiary/aromatic N) is 3. The van der Waals surface area contributed by atoms with Crippen LogP contribution in [0.1, 0.15) is 23.4 Å². The number of aromatic nitrogens is 3. The third kappa shape index (κ3) is 3.83. The van der Waals surface area contributed by atoms with Crippen LogP contribution in [0.2, 0.25) is 5.02 Å². The first-order chi connectivity index (χ1) is 10.7. The third-order valence-electron chi connectivity index (χ3n) is 3.69. The number of halogens is 2. The van der Waals surface area contributed by atoms with Crippen molar-refractivity contribution in [3.05, 3.63) is 40.9 Å². The molecule has 1 aliphatic heterocycles. The van der Waals surface area contributed by atoms with E-state index in [2.05, 4.69) is 20.7 Å². The van der Waals surface area contributed by atoms with E-state index in [9.17, 15) is 4.79 Å². The number of hydrogen-bond acceptors (Lipinski definition) is 4. The molecule has 2 heterocycles. The van der Waals surface area contributed by atoms with E-state index in [4.69, 9.17) is 11.6 Å². The van der Waals surface area contributed by atoms with Gasteiger partial charge in [0.15, 0.2) is 0 Å². The predicted octanol–water partition coefficient (Wildman–Crippen LogP) is 1.85. The van der Waals surface area contributed by atoms with Gasteiger partial charge in [0, 0.05) is 32.0 Å². The summed E-state index contributed by atoms with van der Waals surface area (Å²) >= 11 is 6.21. The van der Waals surface area contributed by atoms with Crippen LogP contribution < -0.4 is 10.6 Å². The fourth-order valence-corrected chi connectivity index (χ4v) is 2.51. The average molecular weight is 356 g/mol. The maximum Gasteiger partial charge on any atom is 0.290 e. The normalized spacial score (nSPS) is 14.0. The van der Waals surface area contributed by atoms with Crippen LogP contribution in [0.5, 0.6) is 0 Å². The standard InChI is InChI=1S/C15H18ClN5O.ClH/c1-2-13-19-14(15(22)18-9-10-7-17-8-10)20-21(13)12-6-4-3-5-11(12)16;/h3-6,10,17H,2,7-9H2,1H3,(H,18,22);1H. The van der Waals surface area contributed by atoms with E-state index in [1.165, 1.54) is 0 Å². The Morgan fingerprint density at radius 2 is 2.17 bits per heavy atom. The molecule has 1 amide bonds. The molecule has 1 aliphatic rings. The number of carbonyl (C=O) groups is 1. The van der Waals surface area contributed by atoms with E-state index in [0.29, 0.717) is 29.7 Å². The first-order valence-electron chi connectivity index (χ1n) is 7.38. The van der Waals surface area contributed by atoms with Crippen molar-refractivity contribution in [2.24, 2.45) is 5.92 Å². The Labute approximate surface area is 146 Å². The van der Waals surface area contributed by atoms with Crippen LogP contribution >= 0.6 is 24.0 Å². The molecule has 0 unspecified atom stereocenters. The molecule has 0 radical (unpaired) electrons. The molecule has 8 heteroatoms. The number of nitrogens with one attached hydrogen (secondary N) is 2. The van der Waals surface area contributed by atoms with Gasteiger partial charge in [-0.1, -0.05) is 30.7 Å². The van der Waals surface area contributed by atoms with Crippen LogP contribution in [0.3, 0.4) is 0 Å². The minimum absolute atomic E-state index is 0. The van der Waals surface area contributed by atoms with Gasteiger partial charge in [0.1, 0.15) is 5.82 Å². The van der Waals surface area contributed by atoms with Crippen LogP contribution in [-0.4, -0.2) is 40.3 Å². The zero-order valence-electron chi connectivity index (χ0n) is 12.8. The number of benzene rings is 1. The van der Waals surface area contributed by atoms with Crippen LogP contribution in [0, 0.1) is 5.92 Å². The number of hydrogen-bond donors (Lipinski definition) is 2. The summed E-state index contributed by atoms with van der Waals surface area (Å²) < 4.78 is 1.64. The quantitative estimate of drug-likeness (QED) is 0.858. The highest BCUT2D eigenvalue weighted by atomic mass is 35.5. The van der Waals surface area contributed by atoms with E-state index < -0.39 is 0 Å². The second-order valence-electron chi connectivity index (χ2n) is 5.30. The first-order valence-corrected chi connectivity index (χ1v) is 7.76. The van der Waals surface area contributed by atoms with Gasteiger partial charge in [-0.3, -0.25) is 4.79 Å². The lowest BCUT2D eigenvalue weighted by Crippen LogP contribution is -2.48. The molecule has 0 aliphatic carbocycles. The molecule has 23 heavy (non-hydrogen) atoms. The summed E-state index contributed by atoms with van der Waals surface area (Å²) in [4.78, 5) is 16.5. The van der Waals surface area contributed by atoms with Gasteiger partial charge in [-0.25, -0.2) is 9.67 Å². The molecule has 6 nitrogen and oxygen atoms in total. The Morgan fingerprint density at radius 1 is 1.43 bits per heavy atom. The summed E-state index contributed by atoms with van der Waals surface area (Å²) in [5.41, 5.74) is 0.732. The van der Waals surface area contributed by atoms with E-state index in [1.54, 1.807) is 10.7 Å². The average Bonchev–Trinajstić information content (AvgIpc) is 2.90. The zero-order chi connectivity index (χ0) is 15.5. The van der Waals surface area contributed by atoms with E-state index in [1.807, 2.05) is 25.1 Å². The Balaban J connectivity index is 0.00000192. The summed E-state index contributed by atoms with van der Waals surface area (Å²) in [6, 6.07) is 7.39. The molecule has 3 rings (SSSR count). The Morgan fingerprint density at radius 3 is 2.78 bits per heavy atom. The van der Waals surface area contributed by atoms with Crippen LogP contribution in [-0.2, 0) is 6.42 Å². The number of amides is 1. The fourth-order valence-electron chi connectivity index (χ4n) is 2.29. The number of aryl methyl sites for hydroxylation is 1. The third-order valence-corrected chi connectivity index (χ3v) is 4.01. The van der Waals surface area contributed by atoms with E-state index in [-0.39, 0.29) is 24.1 Å². The van der Waals surface area contributed by atoms with Crippen LogP contribution in [0.4, 0.5) is 0 Å². The molecule has 1 aromatic carbocycles. The van der Waals surface area contributed by atoms with E-state index in [0.717, 1.165) is 18.8 Å². The molecule has 1 aromatic heterocycles. The van der Waals surface area contributed by atoms with Crippen LogP contribution in [0.15, 0.2) is 24.3 Å². The molecular formula is C15H19Cl2N5O. The van der Waals surface area contributed by atoms with Gasteiger partial charge in [0.25, 0.3) is 5.91 Å². The highest BCUT2D eigenvalue weighted by Gasteiger charge is 2.21. The van der Waals surface area contributed by atoms with Gasteiger partial charge in [0.05, 0.1) is 10.7 Å². The predicted molar refractivity (Wildman–Crippen MR) is 91.7 cm³/mol. The van der Waals surface area contributed by atoms with Crippen molar-refractivity contribution in [3.63, 3.8) is 0 Å². The summed E-state index contributed by atoms with van der Waals surface area (Å²) in [6.45, 7) is 4.51. The lowest BCUT2D eigenvalue weighted by molar-refractivity contribution is 0.0932. The summed E-state index contributed by atoms with van der Waals surface area (Å²) in [7, 11) is 0. The van der Waals surface area contributed by atoms with Gasteiger partial charge in [0.2, 0.25) is 5.82 Å². The lowest BCUT2D eigenvalue weighted by Gasteiger charge is -2.26. The Bertz CT molecular complexity index is 684.